The number of hydrogen-bond acceptors (Lipinski definition) is 5. The molecule has 168 valence electrons. The monoisotopic (exact) mass is 428 g/mol. The summed E-state index contributed by atoms with van der Waals surface area (Å²) < 4.78 is 5.36. The van der Waals surface area contributed by atoms with Gasteiger partial charge in [0.15, 0.2) is 6.10 Å². The summed E-state index contributed by atoms with van der Waals surface area (Å²) in [5.41, 5.74) is -0.120. The topological polar surface area (TPSA) is 92.8 Å². The summed E-state index contributed by atoms with van der Waals surface area (Å²) in [7, 11) is 0. The van der Waals surface area contributed by atoms with Crippen LogP contribution in [-0.4, -0.2) is 46.8 Å². The number of esters is 1. The van der Waals surface area contributed by atoms with Crippen molar-refractivity contribution in [2.75, 3.05) is 6.54 Å². The molecular weight excluding hydrogens is 396 g/mol. The first-order chi connectivity index (χ1) is 14.8. The van der Waals surface area contributed by atoms with Gasteiger partial charge < -0.3 is 10.1 Å². The largest absolute Gasteiger partial charge is 0.452 e. The zero-order valence-electron chi connectivity index (χ0n) is 18.2. The van der Waals surface area contributed by atoms with Crippen molar-refractivity contribution in [2.45, 2.75) is 76.4 Å². The molecule has 31 heavy (non-hydrogen) atoms. The van der Waals surface area contributed by atoms with Crippen LogP contribution in [0.1, 0.15) is 64.7 Å². The minimum absolute atomic E-state index is 0.0207. The number of nitrogens with one attached hydrogen (secondary N) is 1. The van der Waals surface area contributed by atoms with Crippen LogP contribution >= 0.6 is 0 Å². The second-order valence-corrected chi connectivity index (χ2v) is 10.6. The standard InChI is InChI=1S/C24H32N2O5/c1-14(21(28)25-24-11-15-8-16(12-24)10-17(9-15)13-24)31-20(27)6-7-26-22(29)18-4-2-3-5-19(18)23(26)30/h2-3,14-19H,4-13H2,1H3,(H,25,28)/t14-,15?,16?,17?,18+,19+,24?/m1/s1. The maximum atomic E-state index is 12.8. The molecule has 7 heteroatoms. The lowest BCUT2D eigenvalue weighted by atomic mass is 9.53. The highest BCUT2D eigenvalue weighted by Gasteiger charge is 2.52. The van der Waals surface area contributed by atoms with Crippen molar-refractivity contribution < 1.29 is 23.9 Å². The van der Waals surface area contributed by atoms with Crippen molar-refractivity contribution in [2.24, 2.45) is 29.6 Å². The lowest BCUT2D eigenvalue weighted by Crippen LogP contribution is -2.61. The molecule has 0 spiro atoms. The summed E-state index contributed by atoms with van der Waals surface area (Å²) >= 11 is 0. The molecular formula is C24H32N2O5. The van der Waals surface area contributed by atoms with Gasteiger partial charge in [0.25, 0.3) is 5.91 Å². The number of allylic oxidation sites excluding steroid dienone is 2. The first kappa shape index (κ1) is 20.7. The molecule has 1 aliphatic heterocycles. The van der Waals surface area contributed by atoms with E-state index in [-0.39, 0.29) is 48.1 Å². The number of ether oxygens (including phenoxy) is 1. The van der Waals surface area contributed by atoms with E-state index in [4.69, 9.17) is 4.74 Å². The number of carbonyl (C=O) groups is 4. The molecule has 4 bridgehead atoms. The number of hydrogen-bond donors (Lipinski definition) is 1. The highest BCUT2D eigenvalue weighted by atomic mass is 16.5. The van der Waals surface area contributed by atoms with Crippen LogP contribution in [0.2, 0.25) is 0 Å². The molecule has 0 aromatic rings. The number of amides is 3. The third kappa shape index (κ3) is 3.80. The Morgan fingerprint density at radius 1 is 1.03 bits per heavy atom. The van der Waals surface area contributed by atoms with Gasteiger partial charge in [-0.1, -0.05) is 12.2 Å². The minimum atomic E-state index is -0.878. The second-order valence-electron chi connectivity index (χ2n) is 10.6. The zero-order chi connectivity index (χ0) is 21.8. The number of nitrogens with zero attached hydrogens (tertiary/aromatic N) is 1. The van der Waals surface area contributed by atoms with Gasteiger partial charge in [-0.05, 0) is 76.0 Å². The molecule has 4 saturated carbocycles. The molecule has 7 nitrogen and oxygen atoms in total. The first-order valence-corrected chi connectivity index (χ1v) is 11.9. The Balaban J connectivity index is 1.11. The molecule has 6 rings (SSSR count). The smallest absolute Gasteiger partial charge is 0.308 e. The molecule has 1 N–H and O–H groups in total. The highest BCUT2D eigenvalue weighted by molar-refractivity contribution is 6.05. The minimum Gasteiger partial charge on any atom is -0.452 e. The molecule has 3 amide bonds. The fourth-order valence-electron chi connectivity index (χ4n) is 7.23. The zero-order valence-corrected chi connectivity index (χ0v) is 18.2. The van der Waals surface area contributed by atoms with Gasteiger partial charge in [0, 0.05) is 12.1 Å². The number of carbonyl (C=O) groups excluding carboxylic acids is 4. The van der Waals surface area contributed by atoms with E-state index in [1.54, 1.807) is 6.92 Å². The molecule has 5 aliphatic carbocycles. The van der Waals surface area contributed by atoms with Crippen molar-refractivity contribution in [3.8, 4) is 0 Å². The Kier molecular flexibility index (Phi) is 5.18. The Morgan fingerprint density at radius 2 is 1.55 bits per heavy atom. The van der Waals surface area contributed by atoms with E-state index in [1.165, 1.54) is 24.2 Å². The lowest BCUT2D eigenvalue weighted by Gasteiger charge is -2.57. The predicted molar refractivity (Wildman–Crippen MR) is 111 cm³/mol. The van der Waals surface area contributed by atoms with Crippen LogP contribution in [-0.2, 0) is 23.9 Å². The molecule has 3 atom stereocenters. The second kappa shape index (κ2) is 7.75. The number of imide groups is 1. The Hall–Kier alpha value is -2.18. The van der Waals surface area contributed by atoms with E-state index in [0.717, 1.165) is 37.0 Å². The van der Waals surface area contributed by atoms with Gasteiger partial charge in [0.05, 0.1) is 18.3 Å². The maximum absolute atomic E-state index is 12.8. The Bertz CT molecular complexity index is 773. The van der Waals surface area contributed by atoms with Gasteiger partial charge in [-0.15, -0.1) is 0 Å². The predicted octanol–water partition coefficient (Wildman–Crippen LogP) is 2.34. The fourth-order valence-corrected chi connectivity index (χ4v) is 7.23. The van der Waals surface area contributed by atoms with Gasteiger partial charge in [0.1, 0.15) is 0 Å². The van der Waals surface area contributed by atoms with E-state index in [0.29, 0.717) is 12.8 Å². The van der Waals surface area contributed by atoms with Crippen molar-refractivity contribution >= 4 is 23.7 Å². The molecule has 5 fully saturated rings. The number of fused-ring (bicyclic) bond motifs is 1. The summed E-state index contributed by atoms with van der Waals surface area (Å²) in [6, 6.07) is 0. The van der Waals surface area contributed by atoms with Crippen LogP contribution in [0.4, 0.5) is 0 Å². The van der Waals surface area contributed by atoms with Gasteiger partial charge in [-0.25, -0.2) is 0 Å². The van der Waals surface area contributed by atoms with Crippen molar-refractivity contribution in [1.29, 1.82) is 0 Å². The van der Waals surface area contributed by atoms with Crippen LogP contribution in [0.3, 0.4) is 0 Å². The summed E-state index contributed by atoms with van der Waals surface area (Å²) in [6.45, 7) is 1.62. The van der Waals surface area contributed by atoms with Crippen molar-refractivity contribution in [3.05, 3.63) is 12.2 Å². The summed E-state index contributed by atoms with van der Waals surface area (Å²) in [5, 5.41) is 3.23. The summed E-state index contributed by atoms with van der Waals surface area (Å²) in [6.07, 6.45) is 11.1. The fraction of sp³-hybridized carbons (Fsp3) is 0.750. The average Bonchev–Trinajstić information content (AvgIpc) is 2.95. The first-order valence-electron chi connectivity index (χ1n) is 11.9. The highest BCUT2D eigenvalue weighted by Crippen LogP contribution is 2.55. The third-order valence-electron chi connectivity index (χ3n) is 8.24. The SMILES string of the molecule is C[C@@H](OC(=O)CCN1C(=O)[C@H]2CC=CC[C@@H]2C1=O)C(=O)NC12CC3CC(CC(C3)C1)C2. The van der Waals surface area contributed by atoms with E-state index in [9.17, 15) is 19.2 Å². The number of rotatable bonds is 6. The molecule has 0 radical (unpaired) electrons. The molecule has 1 heterocycles. The van der Waals surface area contributed by atoms with Crippen LogP contribution < -0.4 is 5.32 Å². The maximum Gasteiger partial charge on any atom is 0.308 e. The number of likely N-dealkylation sites (tertiary alicyclic amines) is 1. The van der Waals surface area contributed by atoms with Gasteiger partial charge in [-0.2, -0.15) is 0 Å². The molecule has 0 aromatic heterocycles. The molecule has 0 aromatic carbocycles. The van der Waals surface area contributed by atoms with Crippen LogP contribution in [0.5, 0.6) is 0 Å². The molecule has 1 saturated heterocycles. The van der Waals surface area contributed by atoms with Crippen LogP contribution in [0.15, 0.2) is 12.2 Å². The van der Waals surface area contributed by atoms with Gasteiger partial charge >= 0.3 is 5.97 Å². The van der Waals surface area contributed by atoms with Crippen molar-refractivity contribution in [1.82, 2.24) is 10.2 Å². The third-order valence-corrected chi connectivity index (χ3v) is 8.24. The van der Waals surface area contributed by atoms with Gasteiger partial charge in [-0.3, -0.25) is 24.1 Å². The summed E-state index contributed by atoms with van der Waals surface area (Å²) in [4.78, 5) is 51.3. The van der Waals surface area contributed by atoms with E-state index in [2.05, 4.69) is 5.32 Å². The Morgan fingerprint density at radius 3 is 2.06 bits per heavy atom. The van der Waals surface area contributed by atoms with Crippen LogP contribution in [0.25, 0.3) is 0 Å². The van der Waals surface area contributed by atoms with Crippen LogP contribution in [0, 0.1) is 29.6 Å². The quantitative estimate of drug-likeness (QED) is 0.398. The normalized spacial score (nSPS) is 38.9. The van der Waals surface area contributed by atoms with Crippen molar-refractivity contribution in [3.63, 3.8) is 0 Å². The van der Waals surface area contributed by atoms with Gasteiger partial charge in [0.2, 0.25) is 11.8 Å². The average molecular weight is 429 g/mol. The lowest BCUT2D eigenvalue weighted by molar-refractivity contribution is -0.157. The molecule has 6 aliphatic rings. The molecule has 0 unspecified atom stereocenters. The van der Waals surface area contributed by atoms with E-state index < -0.39 is 12.1 Å². The Labute approximate surface area is 182 Å². The summed E-state index contributed by atoms with van der Waals surface area (Å²) in [5.74, 6) is 0.399. The van der Waals surface area contributed by atoms with E-state index >= 15 is 0 Å². The van der Waals surface area contributed by atoms with E-state index in [1.807, 2.05) is 12.2 Å².